The van der Waals surface area contributed by atoms with Crippen molar-refractivity contribution in [3.63, 3.8) is 0 Å². The maximum absolute atomic E-state index is 11.7. The number of piperazine rings is 1. The Labute approximate surface area is 89.3 Å². The molecule has 0 amide bonds. The molecule has 0 atom stereocenters. The second kappa shape index (κ2) is 5.73. The molecule has 0 saturated carbocycles. The quantitative estimate of drug-likeness (QED) is 0.412. The number of hydrogen-bond donors (Lipinski definition) is 4. The maximum Gasteiger partial charge on any atom is 0.279 e. The Morgan fingerprint density at radius 3 is 2.27 bits per heavy atom. The van der Waals surface area contributed by atoms with E-state index in [1.807, 2.05) is 0 Å². The summed E-state index contributed by atoms with van der Waals surface area (Å²) in [6.45, 7) is 1.20. The Balaban J connectivity index is 2.56. The minimum absolute atomic E-state index is 0.402. The summed E-state index contributed by atoms with van der Waals surface area (Å²) in [5, 5.41) is 20.6. The maximum atomic E-state index is 11.7. The molecule has 90 valence electrons. The van der Waals surface area contributed by atoms with E-state index in [0.29, 0.717) is 26.2 Å². The lowest BCUT2D eigenvalue weighted by molar-refractivity contribution is 0.182. The second-order valence-corrected chi connectivity index (χ2v) is 5.04. The van der Waals surface area contributed by atoms with Crippen molar-refractivity contribution in [1.82, 2.24) is 14.3 Å². The average Bonchev–Trinajstić information content (AvgIpc) is 2.27. The molecule has 0 aliphatic carbocycles. The third kappa shape index (κ3) is 3.67. The van der Waals surface area contributed by atoms with Gasteiger partial charge in [-0.1, -0.05) is 0 Å². The fourth-order valence-electron chi connectivity index (χ4n) is 1.30. The largest absolute Gasteiger partial charge is 0.395 e. The van der Waals surface area contributed by atoms with Crippen LogP contribution in [-0.4, -0.2) is 68.4 Å². The van der Waals surface area contributed by atoms with Gasteiger partial charge in [-0.25, -0.2) is 0 Å². The van der Waals surface area contributed by atoms with Gasteiger partial charge in [0.2, 0.25) is 0 Å². The average molecular weight is 239 g/mol. The standard InChI is InChI=1S/C7H17N3O4S/c11-5-7(6-12)9-15(13,14)10-3-1-8-2-4-10/h7-9,11-12H,1-6H2. The Morgan fingerprint density at radius 2 is 1.80 bits per heavy atom. The highest BCUT2D eigenvalue weighted by molar-refractivity contribution is 7.87. The minimum atomic E-state index is -3.58. The Kier molecular flexibility index (Phi) is 4.90. The molecule has 0 unspecified atom stereocenters. The first-order valence-corrected chi connectivity index (χ1v) is 6.24. The Bertz CT molecular complexity index is 272. The third-order valence-electron chi connectivity index (χ3n) is 2.17. The van der Waals surface area contributed by atoms with Gasteiger partial charge in [-0.05, 0) is 0 Å². The van der Waals surface area contributed by atoms with Crippen LogP contribution in [0.3, 0.4) is 0 Å². The monoisotopic (exact) mass is 239 g/mol. The third-order valence-corrected chi connectivity index (χ3v) is 3.85. The molecule has 1 saturated heterocycles. The molecule has 15 heavy (non-hydrogen) atoms. The van der Waals surface area contributed by atoms with Crippen LogP contribution in [0.25, 0.3) is 0 Å². The molecule has 1 heterocycles. The molecule has 1 rings (SSSR count). The first-order valence-electron chi connectivity index (χ1n) is 4.80. The van der Waals surface area contributed by atoms with E-state index in [1.54, 1.807) is 0 Å². The Morgan fingerprint density at radius 1 is 1.27 bits per heavy atom. The van der Waals surface area contributed by atoms with Crippen LogP contribution >= 0.6 is 0 Å². The van der Waals surface area contributed by atoms with Gasteiger partial charge in [-0.15, -0.1) is 0 Å². The summed E-state index contributed by atoms with van der Waals surface area (Å²) in [6, 6.07) is -0.829. The lowest BCUT2D eigenvalue weighted by atomic mass is 10.4. The zero-order valence-corrected chi connectivity index (χ0v) is 9.20. The molecule has 7 nitrogen and oxygen atoms in total. The lowest BCUT2D eigenvalue weighted by Crippen LogP contribution is -2.53. The van der Waals surface area contributed by atoms with Crippen LogP contribution in [0.5, 0.6) is 0 Å². The van der Waals surface area contributed by atoms with E-state index in [0.717, 1.165) is 0 Å². The highest BCUT2D eigenvalue weighted by Crippen LogP contribution is 2.00. The van der Waals surface area contributed by atoms with Crippen molar-refractivity contribution >= 4 is 10.2 Å². The molecule has 1 fully saturated rings. The van der Waals surface area contributed by atoms with Crippen molar-refractivity contribution in [3.8, 4) is 0 Å². The van der Waals surface area contributed by atoms with E-state index in [-0.39, 0.29) is 0 Å². The predicted molar refractivity (Wildman–Crippen MR) is 54.5 cm³/mol. The van der Waals surface area contributed by atoms with Crippen LogP contribution in [0.4, 0.5) is 0 Å². The van der Waals surface area contributed by atoms with Crippen molar-refractivity contribution < 1.29 is 18.6 Å². The highest BCUT2D eigenvalue weighted by Gasteiger charge is 2.25. The van der Waals surface area contributed by atoms with Crippen LogP contribution in [0, 0.1) is 0 Å². The normalized spacial score (nSPS) is 19.7. The molecule has 1 aliphatic heterocycles. The van der Waals surface area contributed by atoms with E-state index in [2.05, 4.69) is 10.0 Å². The van der Waals surface area contributed by atoms with Crippen molar-refractivity contribution in [1.29, 1.82) is 0 Å². The van der Waals surface area contributed by atoms with Crippen LogP contribution < -0.4 is 10.0 Å². The van der Waals surface area contributed by atoms with Gasteiger partial charge in [0.05, 0.1) is 19.3 Å². The summed E-state index contributed by atoms with van der Waals surface area (Å²) in [5.41, 5.74) is 0. The van der Waals surface area contributed by atoms with E-state index in [4.69, 9.17) is 10.2 Å². The molecular formula is C7H17N3O4S. The first-order chi connectivity index (χ1) is 7.10. The van der Waals surface area contributed by atoms with Gasteiger partial charge in [-0.3, -0.25) is 0 Å². The van der Waals surface area contributed by atoms with E-state index in [1.165, 1.54) is 4.31 Å². The molecule has 0 spiro atoms. The summed E-state index contributed by atoms with van der Waals surface area (Å²) in [4.78, 5) is 0. The number of nitrogens with zero attached hydrogens (tertiary/aromatic N) is 1. The lowest BCUT2D eigenvalue weighted by Gasteiger charge is -2.28. The molecular weight excluding hydrogens is 222 g/mol. The summed E-state index contributed by atoms with van der Waals surface area (Å²) < 4.78 is 26.9. The molecule has 0 aromatic carbocycles. The highest BCUT2D eigenvalue weighted by atomic mass is 32.2. The van der Waals surface area contributed by atoms with Gasteiger partial charge in [0, 0.05) is 26.2 Å². The van der Waals surface area contributed by atoms with Gasteiger partial charge in [0.15, 0.2) is 0 Å². The van der Waals surface area contributed by atoms with Gasteiger partial charge in [0.25, 0.3) is 10.2 Å². The van der Waals surface area contributed by atoms with Gasteiger partial charge < -0.3 is 15.5 Å². The number of hydrogen-bond acceptors (Lipinski definition) is 5. The number of aliphatic hydroxyl groups excluding tert-OH is 2. The smallest absolute Gasteiger partial charge is 0.279 e. The van der Waals surface area contributed by atoms with Gasteiger partial charge in [-0.2, -0.15) is 17.4 Å². The van der Waals surface area contributed by atoms with E-state index in [9.17, 15) is 8.42 Å². The number of rotatable bonds is 5. The van der Waals surface area contributed by atoms with Crippen LogP contribution in [-0.2, 0) is 10.2 Å². The van der Waals surface area contributed by atoms with Crippen LogP contribution in [0.15, 0.2) is 0 Å². The van der Waals surface area contributed by atoms with E-state index >= 15 is 0 Å². The fourth-order valence-corrected chi connectivity index (χ4v) is 2.68. The predicted octanol–water partition coefficient (Wildman–Crippen LogP) is -2.92. The molecule has 0 aromatic heterocycles. The SMILES string of the molecule is O=S(=O)(NC(CO)CO)N1CCNCC1. The zero-order chi connectivity index (χ0) is 11.3. The first kappa shape index (κ1) is 12.8. The minimum Gasteiger partial charge on any atom is -0.395 e. The van der Waals surface area contributed by atoms with Crippen molar-refractivity contribution in [2.75, 3.05) is 39.4 Å². The fraction of sp³-hybridized carbons (Fsp3) is 1.00. The summed E-state index contributed by atoms with van der Waals surface area (Å²) in [6.07, 6.45) is 0. The molecule has 0 aromatic rings. The van der Waals surface area contributed by atoms with Crippen molar-refractivity contribution in [2.24, 2.45) is 0 Å². The molecule has 0 bridgehead atoms. The van der Waals surface area contributed by atoms with Gasteiger partial charge in [0.1, 0.15) is 0 Å². The Hall–Kier alpha value is -0.250. The van der Waals surface area contributed by atoms with Gasteiger partial charge >= 0.3 is 0 Å². The van der Waals surface area contributed by atoms with Crippen molar-refractivity contribution in [2.45, 2.75) is 6.04 Å². The summed E-state index contributed by atoms with van der Waals surface area (Å²) in [5.74, 6) is 0. The van der Waals surface area contributed by atoms with Crippen LogP contribution in [0.1, 0.15) is 0 Å². The molecule has 1 aliphatic rings. The van der Waals surface area contributed by atoms with Crippen LogP contribution in [0.2, 0.25) is 0 Å². The van der Waals surface area contributed by atoms with E-state index < -0.39 is 29.5 Å². The van der Waals surface area contributed by atoms with Crippen molar-refractivity contribution in [3.05, 3.63) is 0 Å². The molecule has 4 N–H and O–H groups in total. The number of aliphatic hydroxyl groups is 2. The summed E-state index contributed by atoms with van der Waals surface area (Å²) in [7, 11) is -3.58. The second-order valence-electron chi connectivity index (χ2n) is 3.33. The molecule has 8 heteroatoms. The molecule has 0 radical (unpaired) electrons. The summed E-state index contributed by atoms with van der Waals surface area (Å²) >= 11 is 0. The topological polar surface area (TPSA) is 102 Å². The number of nitrogens with one attached hydrogen (secondary N) is 2. The zero-order valence-electron chi connectivity index (χ0n) is 8.39.